The molecule has 0 saturated carbocycles. The van der Waals surface area contributed by atoms with Crippen molar-refractivity contribution in [3.63, 3.8) is 0 Å². The number of carbonyl (C=O) groups excluding carboxylic acids is 1. The van der Waals surface area contributed by atoms with Crippen LogP contribution in [0.2, 0.25) is 0 Å². The maximum absolute atomic E-state index is 13.7. The van der Waals surface area contributed by atoms with Gasteiger partial charge in [0.05, 0.1) is 12.7 Å². The minimum Gasteiger partial charge on any atom is -0.496 e. The lowest BCUT2D eigenvalue weighted by molar-refractivity contribution is 0.112. The summed E-state index contributed by atoms with van der Waals surface area (Å²) in [4.78, 5) is 10.6. The molecule has 98 valence electrons. The third-order valence-electron chi connectivity index (χ3n) is 3.08. The Balaban J connectivity index is 2.64. The predicted molar refractivity (Wildman–Crippen MR) is 73.2 cm³/mol. The van der Waals surface area contributed by atoms with Crippen LogP contribution in [-0.2, 0) is 0 Å². The number of ether oxygens (including phenoxy) is 1. The molecular formula is C16H15FO2. The molecule has 0 aliphatic carbocycles. The SMILES string of the molecule is COc1cc(C)cc(C)c1-c1ccc(C=O)c(F)c1. The molecule has 19 heavy (non-hydrogen) atoms. The molecular weight excluding hydrogens is 243 g/mol. The first-order chi connectivity index (χ1) is 9.06. The minimum absolute atomic E-state index is 0.0625. The van der Waals surface area contributed by atoms with E-state index in [1.165, 1.54) is 12.1 Å². The van der Waals surface area contributed by atoms with Gasteiger partial charge in [0.2, 0.25) is 0 Å². The fourth-order valence-electron chi connectivity index (χ4n) is 2.24. The van der Waals surface area contributed by atoms with Gasteiger partial charge in [-0.2, -0.15) is 0 Å². The minimum atomic E-state index is -0.519. The molecule has 3 heteroatoms. The Morgan fingerprint density at radius 2 is 1.89 bits per heavy atom. The Kier molecular flexibility index (Phi) is 3.65. The Morgan fingerprint density at radius 3 is 2.47 bits per heavy atom. The van der Waals surface area contributed by atoms with Gasteiger partial charge in [-0.1, -0.05) is 12.1 Å². The molecule has 2 nitrogen and oxygen atoms in total. The summed E-state index contributed by atoms with van der Waals surface area (Å²) >= 11 is 0. The molecule has 0 heterocycles. The van der Waals surface area contributed by atoms with Crippen LogP contribution in [0.4, 0.5) is 4.39 Å². The van der Waals surface area contributed by atoms with E-state index < -0.39 is 5.82 Å². The second kappa shape index (κ2) is 5.22. The van der Waals surface area contributed by atoms with Gasteiger partial charge in [-0.25, -0.2) is 4.39 Å². The summed E-state index contributed by atoms with van der Waals surface area (Å²) in [6, 6.07) is 8.50. The highest BCUT2D eigenvalue weighted by atomic mass is 19.1. The average molecular weight is 258 g/mol. The Labute approximate surface area is 111 Å². The lowest BCUT2D eigenvalue weighted by Crippen LogP contribution is -1.94. The summed E-state index contributed by atoms with van der Waals surface area (Å²) in [6.45, 7) is 3.94. The molecule has 2 rings (SSSR count). The molecule has 2 aromatic carbocycles. The molecule has 0 amide bonds. The summed E-state index contributed by atoms with van der Waals surface area (Å²) < 4.78 is 19.1. The highest BCUT2D eigenvalue weighted by molar-refractivity contribution is 5.80. The molecule has 0 atom stereocenters. The van der Waals surface area contributed by atoms with Crippen LogP contribution in [0.1, 0.15) is 21.5 Å². The largest absolute Gasteiger partial charge is 0.496 e. The van der Waals surface area contributed by atoms with Crippen molar-refractivity contribution in [3.8, 4) is 16.9 Å². The summed E-state index contributed by atoms with van der Waals surface area (Å²) in [5.74, 6) is 0.185. The third kappa shape index (κ3) is 2.50. The zero-order valence-electron chi connectivity index (χ0n) is 11.2. The van der Waals surface area contributed by atoms with Crippen LogP contribution in [0.3, 0.4) is 0 Å². The van der Waals surface area contributed by atoms with Crippen molar-refractivity contribution in [1.82, 2.24) is 0 Å². The lowest BCUT2D eigenvalue weighted by atomic mass is 9.96. The molecule has 0 radical (unpaired) electrons. The number of aldehydes is 1. The number of hydrogen-bond donors (Lipinski definition) is 0. The van der Waals surface area contributed by atoms with Crippen LogP contribution < -0.4 is 4.74 Å². The van der Waals surface area contributed by atoms with Gasteiger partial charge < -0.3 is 4.74 Å². The zero-order valence-corrected chi connectivity index (χ0v) is 11.2. The summed E-state index contributed by atoms with van der Waals surface area (Å²) in [5.41, 5.74) is 3.72. The molecule has 0 saturated heterocycles. The van der Waals surface area contributed by atoms with E-state index in [4.69, 9.17) is 4.74 Å². The highest BCUT2D eigenvalue weighted by Crippen LogP contribution is 2.34. The van der Waals surface area contributed by atoms with Gasteiger partial charge in [0.15, 0.2) is 6.29 Å². The van der Waals surface area contributed by atoms with Gasteiger partial charge in [0.1, 0.15) is 11.6 Å². The zero-order chi connectivity index (χ0) is 14.0. The summed E-state index contributed by atoms with van der Waals surface area (Å²) in [5, 5.41) is 0. The van der Waals surface area contributed by atoms with Crippen LogP contribution in [0, 0.1) is 19.7 Å². The standard InChI is InChI=1S/C16H15FO2/c1-10-6-11(2)16(15(7-10)19-3)12-4-5-13(9-18)14(17)8-12/h4-9H,1-3H3. The van der Waals surface area contributed by atoms with Gasteiger partial charge in [-0.05, 0) is 48.7 Å². The number of halogens is 1. The van der Waals surface area contributed by atoms with Crippen LogP contribution in [-0.4, -0.2) is 13.4 Å². The molecule has 0 aromatic heterocycles. The van der Waals surface area contributed by atoms with E-state index in [0.29, 0.717) is 17.6 Å². The normalized spacial score (nSPS) is 10.3. The van der Waals surface area contributed by atoms with Gasteiger partial charge in [0, 0.05) is 5.56 Å². The molecule has 0 fully saturated rings. The number of carbonyl (C=O) groups is 1. The average Bonchev–Trinajstić information content (AvgIpc) is 2.37. The van der Waals surface area contributed by atoms with Crippen LogP contribution in [0.5, 0.6) is 5.75 Å². The van der Waals surface area contributed by atoms with E-state index in [1.807, 2.05) is 26.0 Å². The number of hydrogen-bond acceptors (Lipinski definition) is 2. The van der Waals surface area contributed by atoms with E-state index in [0.717, 1.165) is 16.7 Å². The number of rotatable bonds is 3. The molecule has 0 N–H and O–H groups in total. The van der Waals surface area contributed by atoms with E-state index in [1.54, 1.807) is 13.2 Å². The van der Waals surface area contributed by atoms with Gasteiger partial charge >= 0.3 is 0 Å². The fourth-order valence-corrected chi connectivity index (χ4v) is 2.24. The van der Waals surface area contributed by atoms with Crippen molar-refractivity contribution >= 4 is 6.29 Å². The van der Waals surface area contributed by atoms with Crippen molar-refractivity contribution in [2.45, 2.75) is 13.8 Å². The first-order valence-corrected chi connectivity index (χ1v) is 5.97. The van der Waals surface area contributed by atoms with E-state index in [9.17, 15) is 9.18 Å². The van der Waals surface area contributed by atoms with E-state index in [-0.39, 0.29) is 5.56 Å². The van der Waals surface area contributed by atoms with Gasteiger partial charge in [-0.15, -0.1) is 0 Å². The van der Waals surface area contributed by atoms with Crippen molar-refractivity contribution in [2.24, 2.45) is 0 Å². The summed E-state index contributed by atoms with van der Waals surface area (Å²) in [7, 11) is 1.59. The molecule has 0 aliphatic rings. The fraction of sp³-hybridized carbons (Fsp3) is 0.188. The van der Waals surface area contributed by atoms with Crippen molar-refractivity contribution in [2.75, 3.05) is 7.11 Å². The van der Waals surface area contributed by atoms with Crippen LogP contribution in [0.25, 0.3) is 11.1 Å². The molecule has 0 unspecified atom stereocenters. The third-order valence-corrected chi connectivity index (χ3v) is 3.08. The van der Waals surface area contributed by atoms with Crippen molar-refractivity contribution in [1.29, 1.82) is 0 Å². The Morgan fingerprint density at radius 1 is 1.16 bits per heavy atom. The second-order valence-corrected chi connectivity index (χ2v) is 4.51. The predicted octanol–water partition coefficient (Wildman–Crippen LogP) is 3.93. The lowest BCUT2D eigenvalue weighted by Gasteiger charge is -2.13. The summed E-state index contributed by atoms with van der Waals surface area (Å²) in [6.07, 6.45) is 0.512. The quantitative estimate of drug-likeness (QED) is 0.780. The van der Waals surface area contributed by atoms with E-state index in [2.05, 4.69) is 0 Å². The van der Waals surface area contributed by atoms with Gasteiger partial charge in [0.25, 0.3) is 0 Å². The Hall–Kier alpha value is -2.16. The topological polar surface area (TPSA) is 26.3 Å². The van der Waals surface area contributed by atoms with E-state index >= 15 is 0 Å². The first-order valence-electron chi connectivity index (χ1n) is 5.97. The number of methoxy groups -OCH3 is 1. The number of benzene rings is 2. The maximum atomic E-state index is 13.7. The highest BCUT2D eigenvalue weighted by Gasteiger charge is 2.12. The van der Waals surface area contributed by atoms with Crippen molar-refractivity contribution in [3.05, 3.63) is 52.8 Å². The molecule has 0 aliphatic heterocycles. The second-order valence-electron chi connectivity index (χ2n) is 4.51. The Bertz CT molecular complexity index is 633. The molecule has 0 spiro atoms. The smallest absolute Gasteiger partial charge is 0.152 e. The van der Waals surface area contributed by atoms with Crippen LogP contribution >= 0.6 is 0 Å². The first kappa shape index (κ1) is 13.3. The number of aryl methyl sites for hydroxylation is 2. The monoisotopic (exact) mass is 258 g/mol. The molecule has 2 aromatic rings. The van der Waals surface area contributed by atoms with Crippen LogP contribution in [0.15, 0.2) is 30.3 Å². The molecule has 0 bridgehead atoms. The maximum Gasteiger partial charge on any atom is 0.152 e. The van der Waals surface area contributed by atoms with Crippen molar-refractivity contribution < 1.29 is 13.9 Å². The van der Waals surface area contributed by atoms with Gasteiger partial charge in [-0.3, -0.25) is 4.79 Å².